The van der Waals surface area contributed by atoms with Gasteiger partial charge in [0.1, 0.15) is 0 Å². The summed E-state index contributed by atoms with van der Waals surface area (Å²) in [5, 5.41) is 0. The number of carbonyl (C=O) groups is 1. The van der Waals surface area contributed by atoms with Crippen LogP contribution in [0.4, 0.5) is 0 Å². The van der Waals surface area contributed by atoms with E-state index in [1.165, 1.54) is 0 Å². The van der Waals surface area contributed by atoms with E-state index in [0.717, 1.165) is 25.8 Å². The highest BCUT2D eigenvalue weighted by atomic mass is 35.5. The zero-order chi connectivity index (χ0) is 7.11. The topological polar surface area (TPSA) is 20.3 Å². The van der Waals surface area contributed by atoms with Crippen LogP contribution in [0.2, 0.25) is 0 Å². The second-order valence-corrected chi connectivity index (χ2v) is 2.36. The van der Waals surface area contributed by atoms with Crippen molar-refractivity contribution >= 4 is 18.0 Å². The van der Waals surface area contributed by atoms with E-state index in [9.17, 15) is 4.79 Å². The summed E-state index contributed by atoms with van der Waals surface area (Å²) in [7, 11) is 1.77. The molecular weight excluding hydrogens is 138 g/mol. The van der Waals surface area contributed by atoms with Gasteiger partial charge in [0.05, 0.1) is 0 Å². The van der Waals surface area contributed by atoms with Crippen molar-refractivity contribution in [3.63, 3.8) is 0 Å². The molecule has 0 aliphatic carbocycles. The molecular formula is C6H12ClNO. The minimum Gasteiger partial charge on any atom is -0.348 e. The van der Waals surface area contributed by atoms with Gasteiger partial charge < -0.3 is 4.90 Å². The lowest BCUT2D eigenvalue weighted by Gasteiger charge is -2.07. The molecule has 1 amide bonds. The molecule has 0 saturated heterocycles. The van der Waals surface area contributed by atoms with Crippen molar-refractivity contribution in [1.82, 2.24) is 4.90 Å². The predicted octanol–water partition coefficient (Wildman–Crippen LogP) is 1.09. The van der Waals surface area contributed by atoms with Crippen molar-refractivity contribution in [1.29, 1.82) is 0 Å². The maximum absolute atomic E-state index is 9.99. The summed E-state index contributed by atoms with van der Waals surface area (Å²) in [4.78, 5) is 11.6. The van der Waals surface area contributed by atoms with Gasteiger partial charge in [-0.1, -0.05) is 0 Å². The molecule has 0 atom stereocenters. The molecule has 0 bridgehead atoms. The first-order valence-corrected chi connectivity index (χ1v) is 3.56. The third-order valence-electron chi connectivity index (χ3n) is 1.07. The SMILES string of the molecule is CN(C=O)CCCCCl. The van der Waals surface area contributed by atoms with Gasteiger partial charge in [0.2, 0.25) is 6.41 Å². The van der Waals surface area contributed by atoms with Crippen LogP contribution in [-0.2, 0) is 4.79 Å². The minimum absolute atomic E-state index is 0.687. The van der Waals surface area contributed by atoms with Gasteiger partial charge >= 0.3 is 0 Å². The zero-order valence-corrected chi connectivity index (χ0v) is 6.40. The Morgan fingerprint density at radius 2 is 2.22 bits per heavy atom. The molecule has 54 valence electrons. The van der Waals surface area contributed by atoms with Crippen molar-refractivity contribution in [2.75, 3.05) is 19.5 Å². The highest BCUT2D eigenvalue weighted by Crippen LogP contribution is 1.92. The van der Waals surface area contributed by atoms with Gasteiger partial charge in [0, 0.05) is 19.5 Å². The van der Waals surface area contributed by atoms with Gasteiger partial charge in [-0.25, -0.2) is 0 Å². The monoisotopic (exact) mass is 149 g/mol. The molecule has 3 heteroatoms. The van der Waals surface area contributed by atoms with Crippen LogP contribution in [0.25, 0.3) is 0 Å². The Hall–Kier alpha value is -0.240. The molecule has 0 aliphatic rings. The molecule has 0 saturated carbocycles. The standard InChI is InChI=1S/C6H12ClNO/c1-8(6-9)5-3-2-4-7/h6H,2-5H2,1H3. The Morgan fingerprint density at radius 3 is 2.67 bits per heavy atom. The first-order chi connectivity index (χ1) is 4.31. The Labute approximate surface area is 60.8 Å². The Balaban J connectivity index is 2.96. The van der Waals surface area contributed by atoms with Crippen molar-refractivity contribution < 1.29 is 4.79 Å². The van der Waals surface area contributed by atoms with Crippen LogP contribution < -0.4 is 0 Å². The van der Waals surface area contributed by atoms with Gasteiger partial charge in [-0.3, -0.25) is 4.79 Å². The fourth-order valence-corrected chi connectivity index (χ4v) is 0.697. The average molecular weight is 150 g/mol. The Kier molecular flexibility index (Phi) is 5.73. The summed E-state index contributed by atoms with van der Waals surface area (Å²) < 4.78 is 0. The fourth-order valence-electron chi connectivity index (χ4n) is 0.508. The van der Waals surface area contributed by atoms with Gasteiger partial charge in [0.25, 0.3) is 0 Å². The smallest absolute Gasteiger partial charge is 0.209 e. The molecule has 9 heavy (non-hydrogen) atoms. The molecule has 0 aromatic carbocycles. The van der Waals surface area contributed by atoms with E-state index in [-0.39, 0.29) is 0 Å². The summed E-state index contributed by atoms with van der Waals surface area (Å²) in [5.74, 6) is 0.687. The highest BCUT2D eigenvalue weighted by molar-refractivity contribution is 6.17. The van der Waals surface area contributed by atoms with E-state index < -0.39 is 0 Å². The lowest BCUT2D eigenvalue weighted by molar-refractivity contribution is -0.117. The predicted molar refractivity (Wildman–Crippen MR) is 38.6 cm³/mol. The van der Waals surface area contributed by atoms with Crippen LogP contribution in [0.15, 0.2) is 0 Å². The van der Waals surface area contributed by atoms with E-state index in [1.807, 2.05) is 0 Å². The van der Waals surface area contributed by atoms with Gasteiger partial charge in [-0.15, -0.1) is 11.6 Å². The van der Waals surface area contributed by atoms with Crippen molar-refractivity contribution in [3.8, 4) is 0 Å². The van der Waals surface area contributed by atoms with Crippen LogP contribution in [-0.4, -0.2) is 30.8 Å². The summed E-state index contributed by atoms with van der Waals surface area (Å²) in [6.45, 7) is 0.816. The molecule has 0 radical (unpaired) electrons. The number of hydrogen-bond donors (Lipinski definition) is 0. The van der Waals surface area contributed by atoms with Gasteiger partial charge in [-0.2, -0.15) is 0 Å². The third-order valence-corrected chi connectivity index (χ3v) is 1.34. The van der Waals surface area contributed by atoms with Crippen molar-refractivity contribution in [3.05, 3.63) is 0 Å². The maximum Gasteiger partial charge on any atom is 0.209 e. The lowest BCUT2D eigenvalue weighted by Crippen LogP contribution is -2.16. The molecule has 0 fully saturated rings. The first-order valence-electron chi connectivity index (χ1n) is 3.02. The quantitative estimate of drug-likeness (QED) is 0.326. The number of amides is 1. The number of alkyl halides is 1. The van der Waals surface area contributed by atoms with Crippen LogP contribution in [0.5, 0.6) is 0 Å². The number of nitrogens with zero attached hydrogens (tertiary/aromatic N) is 1. The van der Waals surface area contributed by atoms with E-state index in [4.69, 9.17) is 11.6 Å². The van der Waals surface area contributed by atoms with E-state index in [0.29, 0.717) is 5.88 Å². The number of hydrogen-bond acceptors (Lipinski definition) is 1. The van der Waals surface area contributed by atoms with Crippen molar-refractivity contribution in [2.45, 2.75) is 12.8 Å². The van der Waals surface area contributed by atoms with Crippen LogP contribution in [0.3, 0.4) is 0 Å². The normalized spacial score (nSPS) is 9.11. The Bertz CT molecular complexity index is 77.5. The van der Waals surface area contributed by atoms with Gasteiger partial charge in [-0.05, 0) is 12.8 Å². The fraction of sp³-hybridized carbons (Fsp3) is 0.833. The average Bonchev–Trinajstić information content (AvgIpc) is 1.89. The number of halogens is 1. The highest BCUT2D eigenvalue weighted by Gasteiger charge is 1.90. The zero-order valence-electron chi connectivity index (χ0n) is 5.64. The lowest BCUT2D eigenvalue weighted by atomic mass is 10.3. The first kappa shape index (κ1) is 8.76. The second kappa shape index (κ2) is 5.89. The van der Waals surface area contributed by atoms with Crippen LogP contribution in [0.1, 0.15) is 12.8 Å². The van der Waals surface area contributed by atoms with Crippen LogP contribution >= 0.6 is 11.6 Å². The largest absolute Gasteiger partial charge is 0.348 e. The van der Waals surface area contributed by atoms with Crippen molar-refractivity contribution in [2.24, 2.45) is 0 Å². The van der Waals surface area contributed by atoms with E-state index in [1.54, 1.807) is 11.9 Å². The minimum atomic E-state index is 0.687. The number of carbonyl (C=O) groups excluding carboxylic acids is 1. The van der Waals surface area contributed by atoms with E-state index in [2.05, 4.69) is 0 Å². The Morgan fingerprint density at radius 1 is 1.56 bits per heavy atom. The second-order valence-electron chi connectivity index (χ2n) is 1.98. The number of unbranched alkanes of at least 4 members (excludes halogenated alkanes) is 1. The molecule has 0 aromatic rings. The van der Waals surface area contributed by atoms with E-state index >= 15 is 0 Å². The summed E-state index contributed by atoms with van der Waals surface area (Å²) in [6.07, 6.45) is 2.81. The molecule has 0 N–H and O–H groups in total. The summed E-state index contributed by atoms with van der Waals surface area (Å²) in [5.41, 5.74) is 0. The molecule has 0 aromatic heterocycles. The van der Waals surface area contributed by atoms with Crippen LogP contribution in [0, 0.1) is 0 Å². The third kappa shape index (κ3) is 5.63. The molecule has 0 aliphatic heterocycles. The maximum atomic E-state index is 9.99. The molecule has 0 spiro atoms. The molecule has 0 unspecified atom stereocenters. The molecule has 2 nitrogen and oxygen atoms in total. The molecule has 0 rings (SSSR count). The molecule has 0 heterocycles. The van der Waals surface area contributed by atoms with Gasteiger partial charge in [0.15, 0.2) is 0 Å². The number of rotatable bonds is 5. The summed E-state index contributed by atoms with van der Waals surface area (Å²) in [6, 6.07) is 0. The summed E-state index contributed by atoms with van der Waals surface area (Å²) >= 11 is 5.42.